The number of hydrogen-bond acceptors (Lipinski definition) is 6. The highest BCUT2D eigenvalue weighted by molar-refractivity contribution is 7.93. The molecule has 1 heterocycles. The number of benzene rings is 4. The second kappa shape index (κ2) is 13.1. The van der Waals surface area contributed by atoms with Gasteiger partial charge in [-0.15, -0.1) is 0 Å². The van der Waals surface area contributed by atoms with E-state index >= 15 is 0 Å². The maximum atomic E-state index is 14.0. The number of anilines is 1. The van der Waals surface area contributed by atoms with Crippen LogP contribution < -0.4 is 19.1 Å². The fourth-order valence-electron chi connectivity index (χ4n) is 5.22. The van der Waals surface area contributed by atoms with E-state index in [0.717, 1.165) is 16.4 Å². The molecule has 1 atom stereocenters. The number of hydrogen-bond donors (Lipinski definition) is 2. The van der Waals surface area contributed by atoms with Crippen LogP contribution in [0.15, 0.2) is 95.9 Å². The number of carbonyl (C=O) groups excluding carboxylic acids is 1. The van der Waals surface area contributed by atoms with Gasteiger partial charge in [-0.25, -0.2) is 8.42 Å². The first-order valence-corrected chi connectivity index (χ1v) is 15.5. The number of alkyl halides is 3. The first kappa shape index (κ1) is 32.4. The third kappa shape index (κ3) is 6.94. The van der Waals surface area contributed by atoms with E-state index in [9.17, 15) is 31.2 Å². The number of methoxy groups -OCH3 is 1. The van der Waals surface area contributed by atoms with Crippen LogP contribution in [0, 0.1) is 0 Å². The quantitative estimate of drug-likeness (QED) is 0.210. The Morgan fingerprint density at radius 1 is 0.978 bits per heavy atom. The molecule has 0 radical (unpaired) electrons. The number of nitrogens with one attached hydrogen (secondary N) is 1. The molecular formula is C33H29F3N2O7S. The van der Waals surface area contributed by atoms with Crippen LogP contribution in [0.4, 0.5) is 18.9 Å². The Morgan fingerprint density at radius 2 is 1.67 bits per heavy atom. The normalized spacial score (nSPS) is 14.4. The third-order valence-corrected chi connectivity index (χ3v) is 9.26. The highest BCUT2D eigenvalue weighted by Crippen LogP contribution is 2.39. The van der Waals surface area contributed by atoms with Gasteiger partial charge >= 0.3 is 12.1 Å². The standard InChI is InChI=1S/C33H29F3N2O7S/c1-44-30-15-10-24(33(34,35)36)20-27(30)22-8-13-26(14-9-22)46(42,43)38-28-5-3-2-4-23(28)19-29(38)32(41)37-16-17-45-25-11-6-21(7-12-25)18-31(39)40/h2-15,20,29H,16-19H2,1H3,(H,37,41)(H,39,40)/t29-/m0/s1. The summed E-state index contributed by atoms with van der Waals surface area (Å²) in [6.45, 7) is 0.154. The van der Waals surface area contributed by atoms with Gasteiger partial charge in [0.15, 0.2) is 0 Å². The Morgan fingerprint density at radius 3 is 2.33 bits per heavy atom. The Balaban J connectivity index is 1.33. The molecule has 5 rings (SSSR count). The van der Waals surface area contributed by atoms with Crippen LogP contribution in [0.5, 0.6) is 11.5 Å². The average molecular weight is 655 g/mol. The number of carboxylic acids is 1. The maximum absolute atomic E-state index is 14.0. The molecule has 1 amide bonds. The SMILES string of the molecule is COc1ccc(C(F)(F)F)cc1-c1ccc(S(=O)(=O)N2c3ccccc3C[C@H]2C(=O)NCCOc2ccc(CC(=O)O)cc2)cc1. The van der Waals surface area contributed by atoms with Crippen LogP contribution in [-0.2, 0) is 38.6 Å². The van der Waals surface area contributed by atoms with Crippen molar-refractivity contribution in [2.24, 2.45) is 0 Å². The number of carbonyl (C=O) groups is 2. The highest BCUT2D eigenvalue weighted by atomic mass is 32.2. The van der Waals surface area contributed by atoms with E-state index in [0.29, 0.717) is 28.1 Å². The summed E-state index contributed by atoms with van der Waals surface area (Å²) >= 11 is 0. The predicted octanol–water partition coefficient (Wildman–Crippen LogP) is 5.32. The van der Waals surface area contributed by atoms with Gasteiger partial charge in [0.25, 0.3) is 10.0 Å². The molecule has 0 unspecified atom stereocenters. The van der Waals surface area contributed by atoms with Gasteiger partial charge in [0, 0.05) is 12.0 Å². The number of halogens is 3. The summed E-state index contributed by atoms with van der Waals surface area (Å²) in [4.78, 5) is 24.1. The van der Waals surface area contributed by atoms with E-state index in [1.54, 1.807) is 48.5 Å². The van der Waals surface area contributed by atoms with Crippen molar-refractivity contribution in [2.75, 3.05) is 24.6 Å². The summed E-state index contributed by atoms with van der Waals surface area (Å²) in [6.07, 6.45) is -4.56. The number of ether oxygens (including phenoxy) is 2. The number of para-hydroxylation sites is 1. The molecule has 2 N–H and O–H groups in total. The van der Waals surface area contributed by atoms with Gasteiger partial charge in [0.05, 0.1) is 36.2 Å². The van der Waals surface area contributed by atoms with Crippen molar-refractivity contribution < 1.29 is 45.8 Å². The zero-order valence-electron chi connectivity index (χ0n) is 24.5. The molecule has 240 valence electrons. The predicted molar refractivity (Wildman–Crippen MR) is 163 cm³/mol. The van der Waals surface area contributed by atoms with Crippen molar-refractivity contribution >= 4 is 27.6 Å². The molecule has 46 heavy (non-hydrogen) atoms. The number of carboxylic acid groups (broad SMARTS) is 1. The molecule has 4 aromatic carbocycles. The number of amides is 1. The first-order chi connectivity index (χ1) is 21.9. The van der Waals surface area contributed by atoms with Crippen LogP contribution in [-0.4, -0.2) is 51.7 Å². The molecule has 0 aromatic heterocycles. The summed E-state index contributed by atoms with van der Waals surface area (Å²) in [7, 11) is -2.96. The lowest BCUT2D eigenvalue weighted by Gasteiger charge is -2.26. The molecule has 0 saturated carbocycles. The Labute approximate surface area is 263 Å². The largest absolute Gasteiger partial charge is 0.496 e. The summed E-state index contributed by atoms with van der Waals surface area (Å²) < 4.78 is 80.0. The topological polar surface area (TPSA) is 122 Å². The Bertz CT molecular complexity index is 1840. The minimum Gasteiger partial charge on any atom is -0.496 e. The van der Waals surface area contributed by atoms with Crippen LogP contribution >= 0.6 is 0 Å². The highest BCUT2D eigenvalue weighted by Gasteiger charge is 2.42. The monoisotopic (exact) mass is 654 g/mol. The van der Waals surface area contributed by atoms with Gasteiger partial charge < -0.3 is 19.9 Å². The van der Waals surface area contributed by atoms with Crippen molar-refractivity contribution in [1.82, 2.24) is 5.32 Å². The van der Waals surface area contributed by atoms with Crippen molar-refractivity contribution in [2.45, 2.75) is 30.0 Å². The minimum absolute atomic E-state index is 0.0734. The lowest BCUT2D eigenvalue weighted by Crippen LogP contribution is -2.48. The number of nitrogens with zero attached hydrogens (tertiary/aromatic N) is 1. The van der Waals surface area contributed by atoms with Crippen LogP contribution in [0.1, 0.15) is 16.7 Å². The maximum Gasteiger partial charge on any atom is 0.416 e. The second-order valence-corrected chi connectivity index (χ2v) is 12.3. The molecule has 13 heteroatoms. The number of rotatable bonds is 11. The molecule has 0 aliphatic carbocycles. The molecule has 1 aliphatic heterocycles. The zero-order valence-corrected chi connectivity index (χ0v) is 25.3. The van der Waals surface area contributed by atoms with Gasteiger partial charge in [0.1, 0.15) is 24.1 Å². The fraction of sp³-hybridized carbons (Fsp3) is 0.212. The lowest BCUT2D eigenvalue weighted by molar-refractivity contribution is -0.138. The smallest absolute Gasteiger partial charge is 0.416 e. The van der Waals surface area contributed by atoms with Gasteiger partial charge in [-0.05, 0) is 65.2 Å². The van der Waals surface area contributed by atoms with E-state index in [1.807, 2.05) is 0 Å². The van der Waals surface area contributed by atoms with E-state index < -0.39 is 39.7 Å². The summed E-state index contributed by atoms with van der Waals surface area (Å²) in [5, 5.41) is 11.6. The number of aliphatic carboxylic acids is 1. The van der Waals surface area contributed by atoms with Gasteiger partial charge in [-0.2, -0.15) is 13.2 Å². The van der Waals surface area contributed by atoms with E-state index in [-0.39, 0.29) is 42.2 Å². The molecule has 0 bridgehead atoms. The zero-order chi connectivity index (χ0) is 33.1. The van der Waals surface area contributed by atoms with Crippen molar-refractivity contribution in [3.63, 3.8) is 0 Å². The van der Waals surface area contributed by atoms with E-state index in [2.05, 4.69) is 5.32 Å². The van der Waals surface area contributed by atoms with Gasteiger partial charge in [-0.3, -0.25) is 13.9 Å². The van der Waals surface area contributed by atoms with Crippen molar-refractivity contribution in [3.8, 4) is 22.6 Å². The minimum atomic E-state index is -4.58. The fourth-order valence-corrected chi connectivity index (χ4v) is 6.87. The molecule has 4 aromatic rings. The van der Waals surface area contributed by atoms with Gasteiger partial charge in [-0.1, -0.05) is 42.5 Å². The van der Waals surface area contributed by atoms with Crippen molar-refractivity contribution in [3.05, 3.63) is 108 Å². The molecule has 0 saturated heterocycles. The molecule has 0 spiro atoms. The lowest BCUT2D eigenvalue weighted by atomic mass is 10.0. The summed E-state index contributed by atoms with van der Waals surface area (Å²) in [6, 6.07) is 20.6. The first-order valence-electron chi connectivity index (χ1n) is 14.1. The van der Waals surface area contributed by atoms with Gasteiger partial charge in [0.2, 0.25) is 5.91 Å². The van der Waals surface area contributed by atoms with Crippen LogP contribution in [0.25, 0.3) is 11.1 Å². The molecule has 0 fully saturated rings. The van der Waals surface area contributed by atoms with Crippen LogP contribution in [0.2, 0.25) is 0 Å². The molecule has 9 nitrogen and oxygen atoms in total. The Kier molecular flexibility index (Phi) is 9.24. The summed E-state index contributed by atoms with van der Waals surface area (Å²) in [5.74, 6) is -0.820. The average Bonchev–Trinajstić information content (AvgIpc) is 3.44. The summed E-state index contributed by atoms with van der Waals surface area (Å²) in [5.41, 5.74) is 1.21. The van der Waals surface area contributed by atoms with Crippen molar-refractivity contribution in [1.29, 1.82) is 0 Å². The number of fused-ring (bicyclic) bond motifs is 1. The van der Waals surface area contributed by atoms with Crippen LogP contribution in [0.3, 0.4) is 0 Å². The molecule has 1 aliphatic rings. The molecular weight excluding hydrogens is 625 g/mol. The van der Waals surface area contributed by atoms with E-state index in [4.69, 9.17) is 14.6 Å². The Hall–Kier alpha value is -5.04. The number of sulfonamides is 1. The third-order valence-electron chi connectivity index (χ3n) is 7.43. The van der Waals surface area contributed by atoms with E-state index in [1.165, 1.54) is 37.4 Å². The second-order valence-electron chi connectivity index (χ2n) is 10.4.